The van der Waals surface area contributed by atoms with Crippen molar-refractivity contribution in [2.45, 2.75) is 19.9 Å². The first kappa shape index (κ1) is 11.5. The number of hydrogen-bond donors (Lipinski definition) is 2. The molecule has 0 bridgehead atoms. The lowest BCUT2D eigenvalue weighted by Crippen LogP contribution is -2.24. The van der Waals surface area contributed by atoms with Crippen molar-refractivity contribution in [3.8, 4) is 0 Å². The van der Waals surface area contributed by atoms with E-state index in [0.29, 0.717) is 5.56 Å². The largest absolute Gasteiger partial charge is 0.382 e. The first-order chi connectivity index (χ1) is 7.15. The van der Waals surface area contributed by atoms with E-state index in [-0.39, 0.29) is 11.9 Å². The number of benzene rings is 1. The van der Waals surface area contributed by atoms with E-state index < -0.39 is 0 Å². The molecule has 0 unspecified atom stereocenters. The molecule has 82 valence electrons. The van der Waals surface area contributed by atoms with Crippen molar-refractivity contribution in [1.82, 2.24) is 5.48 Å². The highest BCUT2D eigenvalue weighted by Crippen LogP contribution is 2.15. The first-order valence-electron chi connectivity index (χ1n) is 4.84. The highest BCUT2D eigenvalue weighted by atomic mass is 16.6. The molecule has 1 amide bonds. The summed E-state index contributed by atoms with van der Waals surface area (Å²) in [5.74, 6) is -0.249. The van der Waals surface area contributed by atoms with Crippen LogP contribution >= 0.6 is 0 Å². The average Bonchev–Trinajstić information content (AvgIpc) is 2.18. The molecule has 0 aliphatic heterocycles. The molecule has 0 aromatic heterocycles. The van der Waals surface area contributed by atoms with Gasteiger partial charge in [0.15, 0.2) is 0 Å². The van der Waals surface area contributed by atoms with Gasteiger partial charge in [0.05, 0.1) is 12.7 Å². The topological polar surface area (TPSA) is 50.4 Å². The van der Waals surface area contributed by atoms with Crippen molar-refractivity contribution in [2.75, 3.05) is 12.4 Å². The van der Waals surface area contributed by atoms with E-state index in [4.69, 9.17) is 0 Å². The molecule has 1 rings (SSSR count). The molecule has 0 fully saturated rings. The molecular weight excluding hydrogens is 192 g/mol. The van der Waals surface area contributed by atoms with Crippen LogP contribution in [-0.4, -0.2) is 19.1 Å². The van der Waals surface area contributed by atoms with Gasteiger partial charge in [-0.2, -0.15) is 0 Å². The van der Waals surface area contributed by atoms with Gasteiger partial charge in [0, 0.05) is 11.7 Å². The van der Waals surface area contributed by atoms with Crippen LogP contribution in [0.4, 0.5) is 5.69 Å². The molecule has 0 aliphatic carbocycles. The summed E-state index contributed by atoms with van der Waals surface area (Å²) in [6.45, 7) is 4.04. The summed E-state index contributed by atoms with van der Waals surface area (Å²) in [6.07, 6.45) is 0. The Morgan fingerprint density at radius 1 is 1.33 bits per heavy atom. The minimum absolute atomic E-state index is 0.249. The molecule has 1 aromatic rings. The summed E-state index contributed by atoms with van der Waals surface area (Å²) in [5, 5.41) is 3.20. The molecule has 4 nitrogen and oxygen atoms in total. The summed E-state index contributed by atoms with van der Waals surface area (Å²) in [4.78, 5) is 16.2. The molecule has 0 atom stereocenters. The van der Waals surface area contributed by atoms with Gasteiger partial charge in [-0.25, -0.2) is 5.48 Å². The number of nitrogens with one attached hydrogen (secondary N) is 2. The predicted octanol–water partition coefficient (Wildman–Crippen LogP) is 1.80. The van der Waals surface area contributed by atoms with Gasteiger partial charge in [0.1, 0.15) is 0 Å². The molecule has 0 radical (unpaired) electrons. The van der Waals surface area contributed by atoms with Gasteiger partial charge in [-0.05, 0) is 26.0 Å². The Morgan fingerprint density at radius 3 is 2.60 bits per heavy atom. The second kappa shape index (κ2) is 5.36. The van der Waals surface area contributed by atoms with Gasteiger partial charge in [-0.1, -0.05) is 12.1 Å². The molecule has 1 aromatic carbocycles. The predicted molar refractivity (Wildman–Crippen MR) is 59.7 cm³/mol. The zero-order chi connectivity index (χ0) is 11.3. The summed E-state index contributed by atoms with van der Waals surface area (Å²) < 4.78 is 0. The number of hydrogen-bond acceptors (Lipinski definition) is 3. The fraction of sp³-hybridized carbons (Fsp3) is 0.364. The van der Waals surface area contributed by atoms with Gasteiger partial charge in [-0.15, -0.1) is 0 Å². The van der Waals surface area contributed by atoms with Crippen molar-refractivity contribution in [2.24, 2.45) is 0 Å². The van der Waals surface area contributed by atoms with Crippen LogP contribution in [0, 0.1) is 0 Å². The number of para-hydroxylation sites is 1. The number of carbonyl (C=O) groups excluding carboxylic acids is 1. The number of anilines is 1. The third kappa shape index (κ3) is 3.25. The van der Waals surface area contributed by atoms with Crippen LogP contribution in [0.15, 0.2) is 24.3 Å². The Labute approximate surface area is 89.6 Å². The van der Waals surface area contributed by atoms with Crippen LogP contribution < -0.4 is 10.8 Å². The van der Waals surface area contributed by atoms with Gasteiger partial charge >= 0.3 is 0 Å². The Balaban J connectivity index is 2.90. The lowest BCUT2D eigenvalue weighted by atomic mass is 10.1. The lowest BCUT2D eigenvalue weighted by Gasteiger charge is -2.13. The standard InChI is InChI=1S/C11H16N2O2/c1-8(2)12-10-7-5-4-6-9(10)11(14)13-15-3/h4-8,12H,1-3H3,(H,13,14). The van der Waals surface area contributed by atoms with Crippen LogP contribution in [0.3, 0.4) is 0 Å². The molecule has 0 spiro atoms. The van der Waals surface area contributed by atoms with Crippen LogP contribution in [-0.2, 0) is 4.84 Å². The number of amides is 1. The second-order valence-corrected chi connectivity index (χ2v) is 3.48. The Morgan fingerprint density at radius 2 is 2.00 bits per heavy atom. The Kier molecular flexibility index (Phi) is 4.12. The van der Waals surface area contributed by atoms with Crippen molar-refractivity contribution in [3.05, 3.63) is 29.8 Å². The SMILES string of the molecule is CONC(=O)c1ccccc1NC(C)C. The maximum Gasteiger partial charge on any atom is 0.276 e. The molecule has 0 heterocycles. The number of carbonyl (C=O) groups is 1. The van der Waals surface area contributed by atoms with Crippen molar-refractivity contribution in [1.29, 1.82) is 0 Å². The summed E-state index contributed by atoms with van der Waals surface area (Å²) in [7, 11) is 1.41. The Hall–Kier alpha value is -1.55. The van der Waals surface area contributed by atoms with Crippen molar-refractivity contribution in [3.63, 3.8) is 0 Å². The average molecular weight is 208 g/mol. The molecule has 4 heteroatoms. The summed E-state index contributed by atoms with van der Waals surface area (Å²) >= 11 is 0. The summed E-state index contributed by atoms with van der Waals surface area (Å²) in [6, 6.07) is 7.59. The van der Waals surface area contributed by atoms with Gasteiger partial charge in [0.2, 0.25) is 0 Å². The monoisotopic (exact) mass is 208 g/mol. The minimum Gasteiger partial charge on any atom is -0.382 e. The highest BCUT2D eigenvalue weighted by Gasteiger charge is 2.10. The third-order valence-electron chi connectivity index (χ3n) is 1.81. The fourth-order valence-corrected chi connectivity index (χ4v) is 1.27. The number of hydroxylamine groups is 1. The molecule has 15 heavy (non-hydrogen) atoms. The van der Waals surface area contributed by atoms with E-state index in [1.54, 1.807) is 6.07 Å². The maximum atomic E-state index is 11.6. The molecule has 0 saturated heterocycles. The van der Waals surface area contributed by atoms with E-state index in [0.717, 1.165) is 5.69 Å². The number of rotatable bonds is 4. The summed E-state index contributed by atoms with van der Waals surface area (Å²) in [5.41, 5.74) is 3.68. The van der Waals surface area contributed by atoms with Crippen LogP contribution in [0.5, 0.6) is 0 Å². The van der Waals surface area contributed by atoms with E-state index in [9.17, 15) is 4.79 Å². The van der Waals surface area contributed by atoms with Crippen molar-refractivity contribution >= 4 is 11.6 Å². The van der Waals surface area contributed by atoms with Gasteiger partial charge in [-0.3, -0.25) is 9.63 Å². The molecule has 0 saturated carbocycles. The van der Waals surface area contributed by atoms with E-state index >= 15 is 0 Å². The second-order valence-electron chi connectivity index (χ2n) is 3.48. The zero-order valence-electron chi connectivity index (χ0n) is 9.20. The third-order valence-corrected chi connectivity index (χ3v) is 1.81. The van der Waals surface area contributed by atoms with E-state index in [2.05, 4.69) is 15.6 Å². The highest BCUT2D eigenvalue weighted by molar-refractivity contribution is 5.99. The lowest BCUT2D eigenvalue weighted by molar-refractivity contribution is 0.0538. The van der Waals surface area contributed by atoms with Gasteiger partial charge < -0.3 is 5.32 Å². The molecular formula is C11H16N2O2. The van der Waals surface area contributed by atoms with Crippen LogP contribution in [0.1, 0.15) is 24.2 Å². The van der Waals surface area contributed by atoms with Crippen molar-refractivity contribution < 1.29 is 9.63 Å². The normalized spacial score (nSPS) is 10.1. The van der Waals surface area contributed by atoms with E-state index in [1.165, 1.54) is 7.11 Å². The smallest absolute Gasteiger partial charge is 0.276 e. The van der Waals surface area contributed by atoms with E-state index in [1.807, 2.05) is 32.0 Å². The molecule has 2 N–H and O–H groups in total. The minimum atomic E-state index is -0.249. The maximum absolute atomic E-state index is 11.6. The Bertz CT molecular complexity index is 337. The van der Waals surface area contributed by atoms with Crippen LogP contribution in [0.25, 0.3) is 0 Å². The fourth-order valence-electron chi connectivity index (χ4n) is 1.27. The quantitative estimate of drug-likeness (QED) is 0.742. The first-order valence-corrected chi connectivity index (χ1v) is 4.84. The van der Waals surface area contributed by atoms with Crippen LogP contribution in [0.2, 0.25) is 0 Å². The zero-order valence-corrected chi connectivity index (χ0v) is 9.20. The van der Waals surface area contributed by atoms with Gasteiger partial charge in [0.25, 0.3) is 5.91 Å². The molecule has 0 aliphatic rings.